The Kier molecular flexibility index (Phi) is 4.36. The monoisotopic (exact) mass is 216 g/mol. The highest BCUT2D eigenvalue weighted by Gasteiger charge is 2.32. The highest BCUT2D eigenvalue weighted by Crippen LogP contribution is 2.09. The van der Waals surface area contributed by atoms with E-state index in [2.05, 4.69) is 5.32 Å². The lowest BCUT2D eigenvalue weighted by atomic mass is 10.1. The molecule has 0 aromatic rings. The van der Waals surface area contributed by atoms with E-state index in [4.69, 9.17) is 9.84 Å². The molecule has 15 heavy (non-hydrogen) atoms. The first-order valence-corrected chi connectivity index (χ1v) is 5.02. The average molecular weight is 216 g/mol. The molecule has 0 aromatic carbocycles. The molecule has 1 atom stereocenters. The van der Waals surface area contributed by atoms with Gasteiger partial charge in [0.2, 0.25) is 5.91 Å². The van der Waals surface area contributed by atoms with Gasteiger partial charge in [0.05, 0.1) is 6.61 Å². The normalized spacial score (nSPS) is 21.1. The van der Waals surface area contributed by atoms with Crippen LogP contribution in [0, 0.1) is 0 Å². The molecule has 1 rings (SSSR count). The van der Waals surface area contributed by atoms with E-state index in [1.165, 1.54) is 4.90 Å². The molecule has 0 aromatic heterocycles. The molecule has 1 saturated heterocycles. The molecule has 1 unspecified atom stereocenters. The van der Waals surface area contributed by atoms with Gasteiger partial charge in [0.25, 0.3) is 0 Å². The summed E-state index contributed by atoms with van der Waals surface area (Å²) in [5.74, 6) is -0.148. The standard InChI is InChI=1S/C9H16N2O4/c1-2-7-8(13)10-3-4-11(7)9(14)15-6-5-12/h7,12H,2-6H2,1H3,(H,10,13). The Hall–Kier alpha value is -1.30. The lowest BCUT2D eigenvalue weighted by Gasteiger charge is -2.33. The van der Waals surface area contributed by atoms with Gasteiger partial charge in [-0.15, -0.1) is 0 Å². The zero-order valence-electron chi connectivity index (χ0n) is 8.73. The molecule has 1 aliphatic rings. The quantitative estimate of drug-likeness (QED) is 0.655. The summed E-state index contributed by atoms with van der Waals surface area (Å²) in [4.78, 5) is 24.3. The molecule has 0 bridgehead atoms. The Bertz CT molecular complexity index is 244. The molecule has 86 valence electrons. The van der Waals surface area contributed by atoms with Crippen LogP contribution in [0.4, 0.5) is 4.79 Å². The number of nitrogens with zero attached hydrogens (tertiary/aromatic N) is 1. The summed E-state index contributed by atoms with van der Waals surface area (Å²) in [6.45, 7) is 2.50. The first-order chi connectivity index (χ1) is 7.20. The fourth-order valence-electron chi connectivity index (χ4n) is 1.55. The first-order valence-electron chi connectivity index (χ1n) is 5.02. The highest BCUT2D eigenvalue weighted by atomic mass is 16.6. The largest absolute Gasteiger partial charge is 0.447 e. The van der Waals surface area contributed by atoms with Crippen molar-refractivity contribution in [2.24, 2.45) is 0 Å². The fraction of sp³-hybridized carbons (Fsp3) is 0.778. The van der Waals surface area contributed by atoms with Crippen molar-refractivity contribution >= 4 is 12.0 Å². The molecule has 1 heterocycles. The Morgan fingerprint density at radius 3 is 3.07 bits per heavy atom. The molecule has 6 heteroatoms. The van der Waals surface area contributed by atoms with Crippen LogP contribution >= 0.6 is 0 Å². The van der Waals surface area contributed by atoms with Crippen LogP contribution in [-0.2, 0) is 9.53 Å². The number of hydrogen-bond acceptors (Lipinski definition) is 4. The minimum Gasteiger partial charge on any atom is -0.447 e. The maximum atomic E-state index is 11.5. The van der Waals surface area contributed by atoms with E-state index < -0.39 is 12.1 Å². The fourth-order valence-corrected chi connectivity index (χ4v) is 1.55. The number of aliphatic hydroxyl groups excluding tert-OH is 1. The van der Waals surface area contributed by atoms with Crippen LogP contribution in [0.15, 0.2) is 0 Å². The SMILES string of the molecule is CCC1C(=O)NCCN1C(=O)OCCO. The molecule has 0 aliphatic carbocycles. The highest BCUT2D eigenvalue weighted by molar-refractivity contribution is 5.86. The summed E-state index contributed by atoms with van der Waals surface area (Å²) in [7, 11) is 0. The Morgan fingerprint density at radius 2 is 2.47 bits per heavy atom. The van der Waals surface area contributed by atoms with Crippen molar-refractivity contribution in [1.82, 2.24) is 10.2 Å². The smallest absolute Gasteiger partial charge is 0.410 e. The predicted molar refractivity (Wildman–Crippen MR) is 52.2 cm³/mol. The van der Waals surface area contributed by atoms with Crippen molar-refractivity contribution in [3.63, 3.8) is 0 Å². The van der Waals surface area contributed by atoms with Crippen LogP contribution in [0.3, 0.4) is 0 Å². The van der Waals surface area contributed by atoms with Gasteiger partial charge in [-0.2, -0.15) is 0 Å². The van der Waals surface area contributed by atoms with Crippen LogP contribution in [0.25, 0.3) is 0 Å². The van der Waals surface area contributed by atoms with Gasteiger partial charge in [0.1, 0.15) is 12.6 Å². The molecule has 2 N–H and O–H groups in total. The van der Waals surface area contributed by atoms with Crippen LogP contribution in [0.5, 0.6) is 0 Å². The molecular formula is C9H16N2O4. The second-order valence-electron chi connectivity index (χ2n) is 3.25. The third kappa shape index (κ3) is 2.82. The molecule has 1 fully saturated rings. The van der Waals surface area contributed by atoms with Crippen LogP contribution in [0.2, 0.25) is 0 Å². The molecule has 0 radical (unpaired) electrons. The van der Waals surface area contributed by atoms with Gasteiger partial charge in [0.15, 0.2) is 0 Å². The van der Waals surface area contributed by atoms with E-state index in [-0.39, 0.29) is 19.1 Å². The second kappa shape index (κ2) is 5.55. The van der Waals surface area contributed by atoms with E-state index in [1.807, 2.05) is 6.92 Å². The number of piperazine rings is 1. The number of rotatable bonds is 3. The number of ether oxygens (including phenoxy) is 1. The molecular weight excluding hydrogens is 200 g/mol. The van der Waals surface area contributed by atoms with Gasteiger partial charge >= 0.3 is 6.09 Å². The van der Waals surface area contributed by atoms with Crippen LogP contribution < -0.4 is 5.32 Å². The van der Waals surface area contributed by atoms with Gasteiger partial charge in [-0.3, -0.25) is 9.69 Å². The summed E-state index contributed by atoms with van der Waals surface area (Å²) in [6.07, 6.45) is 0.0193. The Labute approximate surface area is 88.2 Å². The number of amides is 2. The Morgan fingerprint density at radius 1 is 1.73 bits per heavy atom. The molecule has 1 aliphatic heterocycles. The van der Waals surface area contributed by atoms with Gasteiger partial charge in [0, 0.05) is 13.1 Å². The number of aliphatic hydroxyl groups is 1. The first kappa shape index (κ1) is 11.8. The van der Waals surface area contributed by atoms with Gasteiger partial charge in [-0.1, -0.05) is 6.92 Å². The van der Waals surface area contributed by atoms with E-state index in [1.54, 1.807) is 0 Å². The molecule has 0 saturated carbocycles. The minimum absolute atomic E-state index is 0.0343. The van der Waals surface area contributed by atoms with Crippen molar-refractivity contribution in [1.29, 1.82) is 0 Å². The number of nitrogens with one attached hydrogen (secondary N) is 1. The summed E-state index contributed by atoms with van der Waals surface area (Å²) in [5.41, 5.74) is 0. The van der Waals surface area contributed by atoms with Gasteiger partial charge in [-0.05, 0) is 6.42 Å². The zero-order valence-corrected chi connectivity index (χ0v) is 8.73. The van der Waals surface area contributed by atoms with Crippen molar-refractivity contribution in [2.75, 3.05) is 26.3 Å². The van der Waals surface area contributed by atoms with E-state index in [9.17, 15) is 9.59 Å². The van der Waals surface area contributed by atoms with E-state index in [0.717, 1.165) is 0 Å². The topological polar surface area (TPSA) is 78.9 Å². The van der Waals surface area contributed by atoms with Crippen molar-refractivity contribution in [3.05, 3.63) is 0 Å². The summed E-state index contributed by atoms with van der Waals surface area (Å²) < 4.78 is 4.77. The minimum atomic E-state index is -0.536. The maximum Gasteiger partial charge on any atom is 0.410 e. The zero-order chi connectivity index (χ0) is 11.3. The second-order valence-corrected chi connectivity index (χ2v) is 3.25. The molecule has 2 amide bonds. The predicted octanol–water partition coefficient (Wildman–Crippen LogP) is -0.674. The van der Waals surface area contributed by atoms with E-state index >= 15 is 0 Å². The lowest BCUT2D eigenvalue weighted by Crippen LogP contribution is -2.57. The third-order valence-corrected chi connectivity index (χ3v) is 2.27. The lowest BCUT2D eigenvalue weighted by molar-refractivity contribution is -0.128. The Balaban J connectivity index is 2.57. The molecule has 6 nitrogen and oxygen atoms in total. The summed E-state index contributed by atoms with van der Waals surface area (Å²) in [6, 6.07) is -0.454. The van der Waals surface area contributed by atoms with Crippen LogP contribution in [-0.4, -0.2) is 54.4 Å². The van der Waals surface area contributed by atoms with Crippen molar-refractivity contribution in [3.8, 4) is 0 Å². The van der Waals surface area contributed by atoms with Crippen molar-refractivity contribution in [2.45, 2.75) is 19.4 Å². The number of carbonyl (C=O) groups excluding carboxylic acids is 2. The summed E-state index contributed by atoms with van der Waals surface area (Å²) in [5, 5.41) is 11.2. The molecule has 0 spiro atoms. The average Bonchev–Trinajstić information content (AvgIpc) is 2.25. The van der Waals surface area contributed by atoms with Crippen LogP contribution in [0.1, 0.15) is 13.3 Å². The number of carbonyl (C=O) groups is 2. The van der Waals surface area contributed by atoms with Crippen molar-refractivity contribution < 1.29 is 19.4 Å². The number of hydrogen-bond donors (Lipinski definition) is 2. The van der Waals surface area contributed by atoms with Gasteiger partial charge < -0.3 is 15.2 Å². The van der Waals surface area contributed by atoms with E-state index in [0.29, 0.717) is 19.5 Å². The van der Waals surface area contributed by atoms with Gasteiger partial charge in [-0.25, -0.2) is 4.79 Å². The summed E-state index contributed by atoms with van der Waals surface area (Å²) >= 11 is 0. The maximum absolute atomic E-state index is 11.5. The third-order valence-electron chi connectivity index (χ3n) is 2.27.